The predicted molar refractivity (Wildman–Crippen MR) is 123 cm³/mol. The van der Waals surface area contributed by atoms with Crippen molar-refractivity contribution in [3.8, 4) is 5.88 Å². The number of nitrogens with one attached hydrogen (secondary N) is 2. The lowest BCUT2D eigenvalue weighted by atomic mass is 10.2. The molecule has 1 aromatic heterocycles. The van der Waals surface area contributed by atoms with Crippen LogP contribution in [0.2, 0.25) is 5.02 Å². The van der Waals surface area contributed by atoms with Gasteiger partial charge in [0.1, 0.15) is 17.4 Å². The average molecular weight is 537 g/mol. The monoisotopic (exact) mass is 536 g/mol. The molecule has 1 aliphatic rings. The Morgan fingerprint density at radius 3 is 2.63 bits per heavy atom. The Labute approximate surface area is 208 Å². The van der Waals surface area contributed by atoms with E-state index in [0.717, 1.165) is 32.5 Å². The number of benzene rings is 1. The third-order valence-corrected chi connectivity index (χ3v) is 6.43. The summed E-state index contributed by atoms with van der Waals surface area (Å²) in [4.78, 5) is 26.1. The van der Waals surface area contributed by atoms with E-state index in [1.165, 1.54) is 0 Å². The maximum atomic E-state index is 14.0. The molecule has 4 N–H and O–H groups in total. The van der Waals surface area contributed by atoms with Crippen LogP contribution in [-0.4, -0.2) is 63.8 Å². The van der Waals surface area contributed by atoms with Crippen LogP contribution in [0.25, 0.3) is 0 Å². The van der Waals surface area contributed by atoms with Gasteiger partial charge in [0, 0.05) is 13.1 Å². The molecule has 3 rings (SSSR count). The summed E-state index contributed by atoms with van der Waals surface area (Å²) in [5.74, 6) is -6.23. The van der Waals surface area contributed by atoms with E-state index in [1.54, 1.807) is 0 Å². The maximum absolute atomic E-state index is 14.0. The molecule has 192 valence electrons. The van der Waals surface area contributed by atoms with E-state index < -0.39 is 64.2 Å². The van der Waals surface area contributed by atoms with Crippen molar-refractivity contribution < 1.29 is 37.7 Å². The lowest BCUT2D eigenvalue weighted by molar-refractivity contribution is 0.0692. The molecule has 9 nitrogen and oxygen atoms in total. The van der Waals surface area contributed by atoms with Crippen molar-refractivity contribution in [2.24, 2.45) is 0 Å². The highest BCUT2D eigenvalue weighted by Gasteiger charge is 2.25. The molecule has 0 bridgehead atoms. The first-order valence-electron chi connectivity index (χ1n) is 10.8. The zero-order valence-corrected chi connectivity index (χ0v) is 20.0. The summed E-state index contributed by atoms with van der Waals surface area (Å²) >= 11 is 5.96. The van der Waals surface area contributed by atoms with E-state index in [1.807, 2.05) is 0 Å². The molecular formula is C21H24ClF3N4O5S. The van der Waals surface area contributed by atoms with Crippen molar-refractivity contribution >= 4 is 40.1 Å². The van der Waals surface area contributed by atoms with E-state index in [-0.39, 0.29) is 11.5 Å². The van der Waals surface area contributed by atoms with Crippen molar-refractivity contribution in [2.45, 2.75) is 38.4 Å². The second-order valence-electron chi connectivity index (χ2n) is 7.89. The number of urea groups is 1. The smallest absolute Gasteiger partial charge is 0.344 e. The van der Waals surface area contributed by atoms with E-state index >= 15 is 0 Å². The Hall–Kier alpha value is -2.61. The first kappa shape index (κ1) is 27.0. The molecule has 1 aromatic carbocycles. The number of hydrogen-bond donors (Lipinski definition) is 4. The van der Waals surface area contributed by atoms with Crippen LogP contribution in [-0.2, 0) is 6.61 Å². The van der Waals surface area contributed by atoms with Gasteiger partial charge in [0.25, 0.3) is 0 Å². The second-order valence-corrected chi connectivity index (χ2v) is 9.07. The molecular weight excluding hydrogens is 513 g/mol. The van der Waals surface area contributed by atoms with Crippen LogP contribution in [0, 0.1) is 17.5 Å². The summed E-state index contributed by atoms with van der Waals surface area (Å²) in [5.41, 5.74) is -1.34. The molecule has 1 fully saturated rings. The number of aliphatic hydroxyl groups excluding tert-OH is 1. The molecule has 2 heterocycles. The molecule has 1 saturated heterocycles. The third kappa shape index (κ3) is 7.19. The molecule has 1 unspecified atom stereocenters. The van der Waals surface area contributed by atoms with Gasteiger partial charge in [0.15, 0.2) is 17.2 Å². The average Bonchev–Trinajstić information content (AvgIpc) is 3.46. The van der Waals surface area contributed by atoms with Crippen LogP contribution in [0.15, 0.2) is 6.07 Å². The molecule has 1 atom stereocenters. The number of nitrogens with zero attached hydrogens (tertiary/aromatic N) is 2. The largest absolute Gasteiger partial charge is 0.477 e. The summed E-state index contributed by atoms with van der Waals surface area (Å²) < 4.78 is 50.4. The Kier molecular flexibility index (Phi) is 9.55. The van der Waals surface area contributed by atoms with Crippen LogP contribution < -0.4 is 15.4 Å². The van der Waals surface area contributed by atoms with Gasteiger partial charge < -0.3 is 25.2 Å². The van der Waals surface area contributed by atoms with Gasteiger partial charge in [-0.05, 0) is 56.4 Å². The number of amides is 2. The molecule has 2 amide bonds. The zero-order chi connectivity index (χ0) is 25.5. The van der Waals surface area contributed by atoms with Crippen molar-refractivity contribution in [3.05, 3.63) is 39.7 Å². The van der Waals surface area contributed by atoms with E-state index in [2.05, 4.69) is 19.9 Å². The Morgan fingerprint density at radius 1 is 1.23 bits per heavy atom. The van der Waals surface area contributed by atoms with Crippen LogP contribution in [0.3, 0.4) is 0 Å². The van der Waals surface area contributed by atoms with Crippen molar-refractivity contribution in [1.29, 1.82) is 0 Å². The number of anilines is 1. The van der Waals surface area contributed by atoms with Gasteiger partial charge in [-0.15, -0.1) is 0 Å². The van der Waals surface area contributed by atoms with Crippen molar-refractivity contribution in [1.82, 2.24) is 14.6 Å². The number of carboxylic acid groups (broad SMARTS) is 1. The number of carboxylic acids is 1. The third-order valence-electron chi connectivity index (χ3n) is 5.40. The summed E-state index contributed by atoms with van der Waals surface area (Å²) in [6.45, 7) is 2.13. The van der Waals surface area contributed by atoms with E-state index in [4.69, 9.17) is 16.3 Å². The highest BCUT2D eigenvalue weighted by atomic mass is 35.5. The normalized spacial score (nSPS) is 14.7. The first-order valence-corrected chi connectivity index (χ1v) is 12.0. The fraction of sp³-hybridized carbons (Fsp3) is 0.476. The maximum Gasteiger partial charge on any atom is 0.344 e. The summed E-state index contributed by atoms with van der Waals surface area (Å²) in [5, 5.41) is 23.5. The summed E-state index contributed by atoms with van der Waals surface area (Å²) in [6, 6.07) is -0.162. The minimum Gasteiger partial charge on any atom is -0.477 e. The number of halogens is 4. The number of carbonyl (C=O) groups excluding carboxylic acids is 1. The molecule has 35 heavy (non-hydrogen) atoms. The summed E-state index contributed by atoms with van der Waals surface area (Å²) in [7, 11) is 0. The second kappa shape index (κ2) is 12.4. The van der Waals surface area contributed by atoms with E-state index in [9.17, 15) is 33.0 Å². The Morgan fingerprint density at radius 2 is 1.94 bits per heavy atom. The molecule has 1 aliphatic heterocycles. The first-order chi connectivity index (χ1) is 16.7. The minimum absolute atomic E-state index is 0.151. The number of aromatic carboxylic acids is 1. The van der Waals surface area contributed by atoms with Gasteiger partial charge >= 0.3 is 12.0 Å². The number of likely N-dealkylation sites (tertiary alicyclic amines) is 1. The highest BCUT2D eigenvalue weighted by Crippen LogP contribution is 2.32. The van der Waals surface area contributed by atoms with Crippen LogP contribution in [0.1, 0.15) is 41.6 Å². The van der Waals surface area contributed by atoms with Gasteiger partial charge in [0.05, 0.1) is 16.7 Å². The molecule has 0 radical (unpaired) electrons. The minimum atomic E-state index is -1.57. The highest BCUT2D eigenvalue weighted by molar-refractivity contribution is 7.11. The van der Waals surface area contributed by atoms with E-state index in [0.29, 0.717) is 30.4 Å². The number of carbonyl (C=O) groups is 2. The number of aliphatic hydroxyl groups is 1. The summed E-state index contributed by atoms with van der Waals surface area (Å²) in [6.07, 6.45) is 2.63. The molecule has 0 saturated carbocycles. The Bertz CT molecular complexity index is 1070. The number of rotatable bonds is 11. The quantitative estimate of drug-likeness (QED) is 0.254. The van der Waals surface area contributed by atoms with Gasteiger partial charge in [0.2, 0.25) is 5.88 Å². The topological polar surface area (TPSA) is 124 Å². The lowest BCUT2D eigenvalue weighted by Crippen LogP contribution is -2.32. The standard InChI is InChI=1S/C21H24ClF3N4O5S/c22-13-9-14(23)12(16(24)17(13)25)10-34-18-15(20(31)32)19(35-28-18)27-21(33)26-5-3-11(30)4-8-29-6-1-2-7-29/h9,11,30H,1-8,10H2,(H,31,32)(H2,26,27,33). The van der Waals surface area contributed by atoms with Crippen LogP contribution in [0.5, 0.6) is 5.88 Å². The van der Waals surface area contributed by atoms with Crippen molar-refractivity contribution in [2.75, 3.05) is 31.5 Å². The van der Waals surface area contributed by atoms with Gasteiger partial charge in [-0.1, -0.05) is 11.6 Å². The predicted octanol–water partition coefficient (Wildman–Crippen LogP) is 3.85. The molecule has 0 aliphatic carbocycles. The molecule has 2 aromatic rings. The molecule has 0 spiro atoms. The van der Waals surface area contributed by atoms with Crippen molar-refractivity contribution in [3.63, 3.8) is 0 Å². The van der Waals surface area contributed by atoms with Gasteiger partial charge in [-0.25, -0.2) is 22.8 Å². The number of aromatic nitrogens is 1. The Balaban J connectivity index is 1.53. The van der Waals surface area contributed by atoms with Gasteiger partial charge in [-0.2, -0.15) is 4.37 Å². The number of ether oxygens (including phenoxy) is 1. The lowest BCUT2D eigenvalue weighted by Gasteiger charge is -2.17. The van der Waals surface area contributed by atoms with Gasteiger partial charge in [-0.3, -0.25) is 5.32 Å². The zero-order valence-electron chi connectivity index (χ0n) is 18.5. The van der Waals surface area contributed by atoms with Crippen LogP contribution in [0.4, 0.5) is 23.0 Å². The number of hydrogen-bond acceptors (Lipinski definition) is 7. The SMILES string of the molecule is O=C(NCCC(O)CCN1CCCC1)Nc1snc(OCc2c(F)cc(Cl)c(F)c2F)c1C(=O)O. The van der Waals surface area contributed by atoms with Crippen LogP contribution >= 0.6 is 23.1 Å². The fourth-order valence-electron chi connectivity index (χ4n) is 3.51. The molecule has 14 heteroatoms. The fourth-order valence-corrected chi connectivity index (χ4v) is 4.41.